The third-order valence-corrected chi connectivity index (χ3v) is 0. The van der Waals surface area contributed by atoms with Crippen LogP contribution in [0.25, 0.3) is 0 Å². The molecule has 0 aliphatic rings. The molecule has 0 amide bonds. The lowest BCUT2D eigenvalue weighted by Crippen LogP contribution is -2.00. The second-order valence-corrected chi connectivity index (χ2v) is 2.27. The summed E-state index contributed by atoms with van der Waals surface area (Å²) in [6.45, 7) is 6.11. The van der Waals surface area contributed by atoms with Gasteiger partial charge in [0.15, 0.2) is 0 Å². The summed E-state index contributed by atoms with van der Waals surface area (Å²) in [5.74, 6) is 0.500. The molecule has 0 rings (SSSR count). The SMILES string of the molecule is CC(=N)N.CC(=N)N.CC(C)=O. The third-order valence-electron chi connectivity index (χ3n) is 0. The van der Waals surface area contributed by atoms with Crippen LogP contribution in [0, 0.1) is 10.8 Å². The molecule has 0 atom stereocenters. The van der Waals surface area contributed by atoms with Crippen molar-refractivity contribution in [2.45, 2.75) is 27.7 Å². The van der Waals surface area contributed by atoms with Gasteiger partial charge < -0.3 is 16.3 Å². The van der Waals surface area contributed by atoms with Gasteiger partial charge in [0.2, 0.25) is 0 Å². The van der Waals surface area contributed by atoms with Gasteiger partial charge in [0.25, 0.3) is 0 Å². The van der Waals surface area contributed by atoms with E-state index in [0.717, 1.165) is 0 Å². The van der Waals surface area contributed by atoms with Gasteiger partial charge >= 0.3 is 0 Å². The fraction of sp³-hybridized carbons (Fsp3) is 0.571. The largest absolute Gasteiger partial charge is 0.388 e. The molecule has 0 radical (unpaired) electrons. The predicted molar refractivity (Wildman–Crippen MR) is 51.5 cm³/mol. The quantitative estimate of drug-likeness (QED) is 0.316. The summed E-state index contributed by atoms with van der Waals surface area (Å²) < 4.78 is 0. The van der Waals surface area contributed by atoms with Crippen LogP contribution in [0.3, 0.4) is 0 Å². The first-order valence-corrected chi connectivity index (χ1v) is 3.28. The Hall–Kier alpha value is -1.39. The molecule has 0 unspecified atom stereocenters. The van der Waals surface area contributed by atoms with E-state index in [0.29, 0.717) is 0 Å². The van der Waals surface area contributed by atoms with Crippen molar-refractivity contribution in [1.82, 2.24) is 0 Å². The van der Waals surface area contributed by atoms with Gasteiger partial charge in [-0.1, -0.05) is 0 Å². The first kappa shape index (κ1) is 16.9. The molecule has 12 heavy (non-hydrogen) atoms. The zero-order chi connectivity index (χ0) is 10.7. The minimum atomic E-state index is 0.167. The van der Waals surface area contributed by atoms with E-state index in [-0.39, 0.29) is 17.5 Å². The Kier molecular flexibility index (Phi) is 17.3. The zero-order valence-corrected chi connectivity index (χ0v) is 8.06. The van der Waals surface area contributed by atoms with Crippen molar-refractivity contribution < 1.29 is 4.79 Å². The van der Waals surface area contributed by atoms with E-state index >= 15 is 0 Å². The van der Waals surface area contributed by atoms with Gasteiger partial charge in [0, 0.05) is 0 Å². The Morgan fingerprint density at radius 2 is 0.917 bits per heavy atom. The second-order valence-electron chi connectivity index (χ2n) is 2.27. The smallest absolute Gasteiger partial charge is 0.126 e. The maximum Gasteiger partial charge on any atom is 0.126 e. The summed E-state index contributed by atoms with van der Waals surface area (Å²) in [5, 5.41) is 12.6. The standard InChI is InChI=1S/C3H6O.2C2H6N2/c1-3(2)4;2*1-2(3)4/h1-2H3;2*1H3,(H3,3,4). The molecule has 0 aromatic carbocycles. The molecule has 0 aromatic rings. The molecule has 0 aliphatic heterocycles. The van der Waals surface area contributed by atoms with Gasteiger partial charge in [-0.3, -0.25) is 10.8 Å². The average molecular weight is 174 g/mol. The number of rotatable bonds is 0. The lowest BCUT2D eigenvalue weighted by Gasteiger charge is -1.66. The van der Waals surface area contributed by atoms with Crippen molar-refractivity contribution in [3.63, 3.8) is 0 Å². The van der Waals surface area contributed by atoms with E-state index in [1.54, 1.807) is 0 Å². The van der Waals surface area contributed by atoms with Crippen LogP contribution in [0.4, 0.5) is 0 Å². The van der Waals surface area contributed by atoms with E-state index in [4.69, 9.17) is 22.3 Å². The van der Waals surface area contributed by atoms with E-state index < -0.39 is 0 Å². The monoisotopic (exact) mass is 174 g/mol. The summed E-state index contributed by atoms with van der Waals surface area (Å²) in [6, 6.07) is 0. The van der Waals surface area contributed by atoms with E-state index in [2.05, 4.69) is 0 Å². The highest BCUT2D eigenvalue weighted by atomic mass is 16.1. The number of carbonyl (C=O) groups is 1. The minimum Gasteiger partial charge on any atom is -0.388 e. The Labute approximate surface area is 73.2 Å². The predicted octanol–water partition coefficient (Wildman–Crippen LogP) is 0.480. The molecule has 72 valence electrons. The fourth-order valence-corrected chi connectivity index (χ4v) is 0. The van der Waals surface area contributed by atoms with Crippen LogP contribution in [-0.4, -0.2) is 17.5 Å². The van der Waals surface area contributed by atoms with Crippen LogP contribution >= 0.6 is 0 Å². The molecule has 0 saturated heterocycles. The van der Waals surface area contributed by atoms with Crippen LogP contribution in [0.15, 0.2) is 0 Å². The molecular formula is C7H18N4O. The number of ketones is 1. The number of nitrogens with one attached hydrogen (secondary N) is 2. The number of Topliss-reactive ketones (excluding diaryl/α,β-unsaturated/α-hetero) is 1. The normalized spacial score (nSPS) is 6.33. The maximum atomic E-state index is 9.44. The molecule has 6 N–H and O–H groups in total. The van der Waals surface area contributed by atoms with Crippen LogP contribution in [-0.2, 0) is 4.79 Å². The molecule has 5 heteroatoms. The van der Waals surface area contributed by atoms with Gasteiger partial charge in [-0.05, 0) is 27.7 Å². The Bertz CT molecular complexity index is 113. The first-order valence-electron chi connectivity index (χ1n) is 3.28. The van der Waals surface area contributed by atoms with Gasteiger partial charge in [0.1, 0.15) is 5.78 Å². The van der Waals surface area contributed by atoms with Gasteiger partial charge in [0.05, 0.1) is 11.7 Å². The topological polar surface area (TPSA) is 117 Å². The van der Waals surface area contributed by atoms with E-state index in [1.807, 2.05) is 0 Å². The van der Waals surface area contributed by atoms with Crippen LogP contribution in [0.2, 0.25) is 0 Å². The van der Waals surface area contributed by atoms with Crippen molar-refractivity contribution in [2.24, 2.45) is 11.5 Å². The summed E-state index contributed by atoms with van der Waals surface area (Å²) >= 11 is 0. The highest BCUT2D eigenvalue weighted by Gasteiger charge is 1.62. The third kappa shape index (κ3) is 258. The Morgan fingerprint density at radius 3 is 0.917 bits per heavy atom. The lowest BCUT2D eigenvalue weighted by atomic mass is 10.6. The summed E-state index contributed by atoms with van der Waals surface area (Å²) in [7, 11) is 0. The summed E-state index contributed by atoms with van der Waals surface area (Å²) in [6.07, 6.45) is 0. The van der Waals surface area contributed by atoms with Crippen molar-refractivity contribution in [2.75, 3.05) is 0 Å². The number of carbonyl (C=O) groups excluding carboxylic acids is 1. The van der Waals surface area contributed by atoms with Gasteiger partial charge in [-0.25, -0.2) is 0 Å². The zero-order valence-electron chi connectivity index (χ0n) is 8.06. The molecule has 0 aromatic heterocycles. The van der Waals surface area contributed by atoms with Crippen LogP contribution in [0.5, 0.6) is 0 Å². The van der Waals surface area contributed by atoms with Gasteiger partial charge in [-0.2, -0.15) is 0 Å². The molecule has 0 bridgehead atoms. The van der Waals surface area contributed by atoms with Crippen molar-refractivity contribution in [3.05, 3.63) is 0 Å². The first-order chi connectivity index (χ1) is 5.20. The molecule has 5 nitrogen and oxygen atoms in total. The minimum absolute atomic E-state index is 0.167. The number of hydrogen-bond acceptors (Lipinski definition) is 3. The van der Waals surface area contributed by atoms with Gasteiger partial charge in [-0.15, -0.1) is 0 Å². The average Bonchev–Trinajstić information content (AvgIpc) is 1.54. The second kappa shape index (κ2) is 12.3. The Balaban J connectivity index is -0.000000101. The maximum absolute atomic E-state index is 9.44. The molecule has 0 spiro atoms. The number of nitrogens with two attached hydrogens (primary N) is 2. The highest BCUT2D eigenvalue weighted by Crippen LogP contribution is 1.50. The number of amidine groups is 2. The number of hydrogen-bond donors (Lipinski definition) is 4. The Morgan fingerprint density at radius 1 is 0.917 bits per heavy atom. The molecule has 0 aliphatic carbocycles. The summed E-state index contributed by atoms with van der Waals surface area (Å²) in [4.78, 5) is 9.44. The summed E-state index contributed by atoms with van der Waals surface area (Å²) in [5.41, 5.74) is 9.39. The molecule has 0 saturated carbocycles. The van der Waals surface area contributed by atoms with Crippen molar-refractivity contribution in [3.8, 4) is 0 Å². The fourth-order valence-electron chi connectivity index (χ4n) is 0. The molecular weight excluding hydrogens is 156 g/mol. The van der Waals surface area contributed by atoms with E-state index in [9.17, 15) is 4.79 Å². The van der Waals surface area contributed by atoms with Crippen LogP contribution in [0.1, 0.15) is 27.7 Å². The van der Waals surface area contributed by atoms with Crippen molar-refractivity contribution in [1.29, 1.82) is 10.8 Å². The highest BCUT2D eigenvalue weighted by molar-refractivity contribution is 5.73. The van der Waals surface area contributed by atoms with Crippen LogP contribution < -0.4 is 11.5 Å². The van der Waals surface area contributed by atoms with Crippen molar-refractivity contribution >= 4 is 17.5 Å². The van der Waals surface area contributed by atoms with E-state index in [1.165, 1.54) is 27.7 Å². The lowest BCUT2D eigenvalue weighted by molar-refractivity contribution is -0.114. The molecule has 0 heterocycles. The molecule has 0 fully saturated rings.